The highest BCUT2D eigenvalue weighted by molar-refractivity contribution is 5.84. The van der Waals surface area contributed by atoms with Crippen LogP contribution in [-0.2, 0) is 4.79 Å². The molecule has 2 saturated carbocycles. The van der Waals surface area contributed by atoms with Crippen molar-refractivity contribution in [1.29, 1.82) is 0 Å². The maximum Gasteiger partial charge on any atom is 0.136 e. The molecule has 0 aliphatic heterocycles. The van der Waals surface area contributed by atoms with Gasteiger partial charge in [0.25, 0.3) is 0 Å². The van der Waals surface area contributed by atoms with Gasteiger partial charge in [-0.1, -0.05) is 25.5 Å². The molecular formula is C12H18O. The van der Waals surface area contributed by atoms with Gasteiger partial charge in [0.2, 0.25) is 0 Å². The molecule has 0 heterocycles. The Kier molecular flexibility index (Phi) is 2.05. The molecule has 2 unspecified atom stereocenters. The first-order valence-electron chi connectivity index (χ1n) is 5.38. The molecule has 0 N–H and O–H groups in total. The van der Waals surface area contributed by atoms with Gasteiger partial charge in [0.1, 0.15) is 5.78 Å². The summed E-state index contributed by atoms with van der Waals surface area (Å²) in [6.07, 6.45) is 6.79. The first-order chi connectivity index (χ1) is 6.17. The number of hydrogen-bond acceptors (Lipinski definition) is 1. The van der Waals surface area contributed by atoms with Gasteiger partial charge in [-0.15, -0.1) is 0 Å². The van der Waals surface area contributed by atoms with Gasteiger partial charge in [0.05, 0.1) is 0 Å². The molecule has 1 heteroatoms. The van der Waals surface area contributed by atoms with Crippen molar-refractivity contribution in [2.45, 2.75) is 45.4 Å². The largest absolute Gasteiger partial charge is 0.299 e. The van der Waals surface area contributed by atoms with E-state index in [4.69, 9.17) is 0 Å². The SMILES string of the molecule is C=C1CCCCC12CCC(=O)C2C. The topological polar surface area (TPSA) is 17.1 Å². The van der Waals surface area contributed by atoms with Crippen LogP contribution in [0.5, 0.6) is 0 Å². The van der Waals surface area contributed by atoms with E-state index >= 15 is 0 Å². The molecule has 2 aliphatic rings. The molecule has 1 spiro atoms. The second-order valence-corrected chi connectivity index (χ2v) is 4.65. The predicted molar refractivity (Wildman–Crippen MR) is 53.4 cm³/mol. The van der Waals surface area contributed by atoms with E-state index in [0.29, 0.717) is 5.78 Å². The summed E-state index contributed by atoms with van der Waals surface area (Å²) >= 11 is 0. The second kappa shape index (κ2) is 2.97. The Morgan fingerprint density at radius 3 is 2.62 bits per heavy atom. The monoisotopic (exact) mass is 178 g/mol. The Balaban J connectivity index is 2.27. The normalized spacial score (nSPS) is 40.2. The van der Waals surface area contributed by atoms with E-state index < -0.39 is 0 Å². The summed E-state index contributed by atoms with van der Waals surface area (Å²) in [5.74, 6) is 0.711. The summed E-state index contributed by atoms with van der Waals surface area (Å²) in [7, 11) is 0. The molecule has 0 aromatic rings. The first kappa shape index (κ1) is 8.98. The third kappa shape index (κ3) is 1.17. The number of carbonyl (C=O) groups excluding carboxylic acids is 1. The molecule has 2 fully saturated rings. The van der Waals surface area contributed by atoms with Crippen LogP contribution in [0.15, 0.2) is 12.2 Å². The highest BCUT2D eigenvalue weighted by Crippen LogP contribution is 2.53. The van der Waals surface area contributed by atoms with Gasteiger partial charge in [0.15, 0.2) is 0 Å². The average Bonchev–Trinajstić information content (AvgIpc) is 2.40. The summed E-state index contributed by atoms with van der Waals surface area (Å²) < 4.78 is 0. The van der Waals surface area contributed by atoms with E-state index in [1.165, 1.54) is 24.8 Å². The summed E-state index contributed by atoms with van der Waals surface area (Å²) in [5.41, 5.74) is 1.58. The van der Waals surface area contributed by atoms with Gasteiger partial charge < -0.3 is 0 Å². The number of ketones is 1. The lowest BCUT2D eigenvalue weighted by atomic mass is 9.65. The number of allylic oxidation sites excluding steroid dienone is 1. The van der Waals surface area contributed by atoms with Gasteiger partial charge in [-0.05, 0) is 25.7 Å². The van der Waals surface area contributed by atoms with E-state index in [0.717, 1.165) is 19.3 Å². The minimum absolute atomic E-state index is 0.218. The van der Waals surface area contributed by atoms with Crippen LogP contribution in [0.4, 0.5) is 0 Å². The van der Waals surface area contributed by atoms with Crippen molar-refractivity contribution in [3.05, 3.63) is 12.2 Å². The second-order valence-electron chi connectivity index (χ2n) is 4.65. The standard InChI is InChI=1S/C12H18O/c1-9-5-3-4-7-12(9)8-6-11(13)10(12)2/h10H,1,3-8H2,2H3. The molecule has 1 nitrogen and oxygen atoms in total. The lowest BCUT2D eigenvalue weighted by Gasteiger charge is -2.38. The van der Waals surface area contributed by atoms with Crippen LogP contribution < -0.4 is 0 Å². The Bertz CT molecular complexity index is 254. The van der Waals surface area contributed by atoms with Crippen LogP contribution in [0.25, 0.3) is 0 Å². The van der Waals surface area contributed by atoms with E-state index in [2.05, 4.69) is 13.5 Å². The van der Waals surface area contributed by atoms with Gasteiger partial charge >= 0.3 is 0 Å². The summed E-state index contributed by atoms with van der Waals surface area (Å²) in [6, 6.07) is 0. The van der Waals surface area contributed by atoms with Crippen molar-refractivity contribution in [3.8, 4) is 0 Å². The molecule has 2 rings (SSSR count). The van der Waals surface area contributed by atoms with Crippen molar-refractivity contribution in [1.82, 2.24) is 0 Å². The number of carbonyl (C=O) groups is 1. The van der Waals surface area contributed by atoms with Crippen LogP contribution in [0, 0.1) is 11.3 Å². The van der Waals surface area contributed by atoms with Crippen molar-refractivity contribution in [2.24, 2.45) is 11.3 Å². The minimum atomic E-state index is 0.218. The molecule has 0 aromatic carbocycles. The Morgan fingerprint density at radius 1 is 1.31 bits per heavy atom. The molecular weight excluding hydrogens is 160 g/mol. The molecule has 0 radical (unpaired) electrons. The van der Waals surface area contributed by atoms with Crippen LogP contribution in [0.3, 0.4) is 0 Å². The molecule has 2 atom stereocenters. The molecule has 13 heavy (non-hydrogen) atoms. The summed E-state index contributed by atoms with van der Waals surface area (Å²) in [5, 5.41) is 0. The third-order valence-electron chi connectivity index (χ3n) is 4.18. The Hall–Kier alpha value is -0.590. The van der Waals surface area contributed by atoms with Gasteiger partial charge in [-0.3, -0.25) is 4.79 Å². The molecule has 0 bridgehead atoms. The van der Waals surface area contributed by atoms with Crippen molar-refractivity contribution < 1.29 is 4.79 Å². The van der Waals surface area contributed by atoms with Gasteiger partial charge in [0, 0.05) is 17.8 Å². The lowest BCUT2D eigenvalue weighted by Crippen LogP contribution is -2.30. The smallest absolute Gasteiger partial charge is 0.136 e. The molecule has 0 aromatic heterocycles. The van der Waals surface area contributed by atoms with Crippen LogP contribution in [-0.4, -0.2) is 5.78 Å². The maximum atomic E-state index is 11.6. The fourth-order valence-corrected chi connectivity index (χ4v) is 3.12. The number of Topliss-reactive ketones (excluding diaryl/α,β-unsaturated/α-hetero) is 1. The fraction of sp³-hybridized carbons (Fsp3) is 0.750. The highest BCUT2D eigenvalue weighted by atomic mass is 16.1. The zero-order valence-corrected chi connectivity index (χ0v) is 8.44. The Morgan fingerprint density at radius 2 is 2.08 bits per heavy atom. The number of hydrogen-bond donors (Lipinski definition) is 0. The van der Waals surface area contributed by atoms with Gasteiger partial charge in [-0.25, -0.2) is 0 Å². The van der Waals surface area contributed by atoms with Crippen LogP contribution >= 0.6 is 0 Å². The van der Waals surface area contributed by atoms with Crippen LogP contribution in [0.1, 0.15) is 45.4 Å². The highest BCUT2D eigenvalue weighted by Gasteiger charge is 2.47. The lowest BCUT2D eigenvalue weighted by molar-refractivity contribution is -0.121. The predicted octanol–water partition coefficient (Wildman–Crippen LogP) is 3.10. The van der Waals surface area contributed by atoms with Crippen molar-refractivity contribution in [3.63, 3.8) is 0 Å². The maximum absolute atomic E-state index is 11.6. The zero-order valence-electron chi connectivity index (χ0n) is 8.44. The molecule has 0 saturated heterocycles. The zero-order chi connectivity index (χ0) is 9.47. The van der Waals surface area contributed by atoms with E-state index in [9.17, 15) is 4.79 Å². The fourth-order valence-electron chi connectivity index (χ4n) is 3.12. The molecule has 72 valence electrons. The molecule has 0 amide bonds. The van der Waals surface area contributed by atoms with E-state index in [1.807, 2.05) is 0 Å². The van der Waals surface area contributed by atoms with E-state index in [-0.39, 0.29) is 11.3 Å². The number of rotatable bonds is 0. The van der Waals surface area contributed by atoms with E-state index in [1.54, 1.807) is 0 Å². The first-order valence-corrected chi connectivity index (χ1v) is 5.38. The minimum Gasteiger partial charge on any atom is -0.299 e. The molecule has 2 aliphatic carbocycles. The average molecular weight is 178 g/mol. The third-order valence-corrected chi connectivity index (χ3v) is 4.18. The van der Waals surface area contributed by atoms with Crippen molar-refractivity contribution in [2.75, 3.05) is 0 Å². The van der Waals surface area contributed by atoms with Gasteiger partial charge in [-0.2, -0.15) is 0 Å². The summed E-state index contributed by atoms with van der Waals surface area (Å²) in [4.78, 5) is 11.6. The summed E-state index contributed by atoms with van der Waals surface area (Å²) in [6.45, 7) is 6.29. The van der Waals surface area contributed by atoms with Crippen molar-refractivity contribution >= 4 is 5.78 Å². The quantitative estimate of drug-likeness (QED) is 0.521. The Labute approximate surface area is 80.2 Å². The van der Waals surface area contributed by atoms with Crippen LogP contribution in [0.2, 0.25) is 0 Å².